The van der Waals surface area contributed by atoms with Crippen molar-refractivity contribution in [2.75, 3.05) is 19.8 Å². The molecule has 194 valence electrons. The molecule has 2 aliphatic heterocycles. The van der Waals surface area contributed by atoms with Crippen LogP contribution in [0.15, 0.2) is 24.3 Å². The van der Waals surface area contributed by atoms with Gasteiger partial charge in [0.05, 0.1) is 12.7 Å². The molecular weight excluding hydrogens is 456 g/mol. The molecular formula is C25H36N2O8. The number of hydrogen-bond acceptors (Lipinski definition) is 9. The number of aromatic nitrogens is 2. The zero-order valence-electron chi connectivity index (χ0n) is 20.4. The maximum atomic E-state index is 10.4. The van der Waals surface area contributed by atoms with Crippen molar-refractivity contribution in [1.82, 2.24) is 9.78 Å². The lowest BCUT2D eigenvalue weighted by molar-refractivity contribution is -0.278. The molecule has 2 aromatic rings. The summed E-state index contributed by atoms with van der Waals surface area (Å²) in [5, 5.41) is 44.6. The predicted octanol–water partition coefficient (Wildman–Crippen LogP) is 1.10. The number of nitrogens with zero attached hydrogens (tertiary/aromatic N) is 2. The van der Waals surface area contributed by atoms with E-state index in [4.69, 9.17) is 18.9 Å². The third-order valence-electron chi connectivity index (χ3n) is 6.57. The van der Waals surface area contributed by atoms with Crippen LogP contribution in [0.1, 0.15) is 49.6 Å². The molecule has 6 atom stereocenters. The first kappa shape index (κ1) is 25.9. The van der Waals surface area contributed by atoms with Gasteiger partial charge in [0.2, 0.25) is 12.2 Å². The van der Waals surface area contributed by atoms with E-state index >= 15 is 0 Å². The van der Waals surface area contributed by atoms with Crippen molar-refractivity contribution < 1.29 is 39.4 Å². The quantitative estimate of drug-likeness (QED) is 0.406. The van der Waals surface area contributed by atoms with Gasteiger partial charge in [0.1, 0.15) is 36.8 Å². The van der Waals surface area contributed by atoms with Gasteiger partial charge in [-0.2, -0.15) is 0 Å². The summed E-state index contributed by atoms with van der Waals surface area (Å²) in [6, 6.07) is 7.87. The molecule has 10 nitrogen and oxygen atoms in total. The molecule has 3 heterocycles. The van der Waals surface area contributed by atoms with E-state index in [2.05, 4.69) is 5.10 Å². The van der Waals surface area contributed by atoms with Crippen LogP contribution in [0.3, 0.4) is 0 Å². The summed E-state index contributed by atoms with van der Waals surface area (Å²) < 4.78 is 24.7. The number of benzene rings is 1. The Bertz CT molecular complexity index is 955. The van der Waals surface area contributed by atoms with Gasteiger partial charge in [-0.3, -0.25) is 4.68 Å². The molecule has 4 rings (SSSR count). The van der Waals surface area contributed by atoms with E-state index in [1.165, 1.54) is 0 Å². The van der Waals surface area contributed by atoms with E-state index in [9.17, 15) is 20.4 Å². The molecule has 0 saturated carbocycles. The van der Waals surface area contributed by atoms with E-state index in [1.54, 1.807) is 0 Å². The standard InChI is InChI=1S/C25H36N2O8/c1-14(2)27-15(3)19(11-16-6-8-17(9-7-16)33-13-18-5-4-10-32-18)24(26-27)35-25-23(31)22(30)21(29)20(12-28)34-25/h6-9,14,18,20-23,25,28-31H,4-5,10-13H2,1-3H3/t18?,20-,21-,22+,23-,25+/m1/s1. The lowest BCUT2D eigenvalue weighted by atomic mass is 9.99. The smallest absolute Gasteiger partial charge is 0.239 e. The maximum Gasteiger partial charge on any atom is 0.239 e. The molecule has 0 radical (unpaired) electrons. The van der Waals surface area contributed by atoms with Crippen LogP contribution in [-0.4, -0.2) is 86.8 Å². The van der Waals surface area contributed by atoms with Crippen molar-refractivity contribution in [2.45, 2.75) is 82.9 Å². The molecule has 35 heavy (non-hydrogen) atoms. The number of rotatable bonds is 9. The van der Waals surface area contributed by atoms with Crippen molar-refractivity contribution in [1.29, 1.82) is 0 Å². The summed E-state index contributed by atoms with van der Waals surface area (Å²) >= 11 is 0. The lowest BCUT2D eigenvalue weighted by Gasteiger charge is -2.39. The van der Waals surface area contributed by atoms with Crippen LogP contribution in [0.4, 0.5) is 0 Å². The Morgan fingerprint density at radius 3 is 2.49 bits per heavy atom. The number of aliphatic hydroxyl groups is 4. The monoisotopic (exact) mass is 492 g/mol. The van der Waals surface area contributed by atoms with Crippen LogP contribution in [0.5, 0.6) is 11.6 Å². The molecule has 2 fully saturated rings. The van der Waals surface area contributed by atoms with Crippen molar-refractivity contribution in [3.05, 3.63) is 41.1 Å². The summed E-state index contributed by atoms with van der Waals surface area (Å²) in [7, 11) is 0. The van der Waals surface area contributed by atoms with Crippen LogP contribution < -0.4 is 9.47 Å². The summed E-state index contributed by atoms with van der Waals surface area (Å²) in [4.78, 5) is 0. The van der Waals surface area contributed by atoms with Gasteiger partial charge in [-0.15, -0.1) is 5.10 Å². The van der Waals surface area contributed by atoms with Gasteiger partial charge < -0.3 is 39.4 Å². The Labute approximate surface area is 205 Å². The first-order chi connectivity index (χ1) is 16.8. The normalized spacial score (nSPS) is 29.0. The highest BCUT2D eigenvalue weighted by Gasteiger charge is 2.45. The molecule has 0 amide bonds. The molecule has 0 aliphatic carbocycles. The van der Waals surface area contributed by atoms with Crippen molar-refractivity contribution in [3.8, 4) is 11.6 Å². The summed E-state index contributed by atoms with van der Waals surface area (Å²) in [5.74, 6) is 1.04. The molecule has 1 aromatic heterocycles. The topological polar surface area (TPSA) is 136 Å². The summed E-state index contributed by atoms with van der Waals surface area (Å²) in [5.41, 5.74) is 2.72. The number of ether oxygens (including phenoxy) is 4. The predicted molar refractivity (Wildman–Crippen MR) is 125 cm³/mol. The molecule has 4 N–H and O–H groups in total. The summed E-state index contributed by atoms with van der Waals surface area (Å²) in [6.07, 6.45) is -4.08. The average Bonchev–Trinajstić information content (AvgIpc) is 3.48. The molecule has 0 spiro atoms. The van der Waals surface area contributed by atoms with Crippen molar-refractivity contribution in [2.24, 2.45) is 0 Å². The third-order valence-corrected chi connectivity index (χ3v) is 6.57. The maximum absolute atomic E-state index is 10.4. The minimum absolute atomic E-state index is 0.0643. The average molecular weight is 493 g/mol. The second kappa shape index (κ2) is 11.2. The van der Waals surface area contributed by atoms with Gasteiger partial charge in [-0.05, 0) is 51.3 Å². The fraction of sp³-hybridized carbons (Fsp3) is 0.640. The Balaban J connectivity index is 1.50. The third kappa shape index (κ3) is 5.79. The minimum Gasteiger partial charge on any atom is -0.491 e. The first-order valence-corrected chi connectivity index (χ1v) is 12.2. The first-order valence-electron chi connectivity index (χ1n) is 12.2. The van der Waals surface area contributed by atoms with Gasteiger partial charge in [-0.25, -0.2) is 0 Å². The zero-order chi connectivity index (χ0) is 25.1. The molecule has 0 bridgehead atoms. The lowest BCUT2D eigenvalue weighted by Crippen LogP contribution is -2.60. The van der Waals surface area contributed by atoms with Gasteiger partial charge >= 0.3 is 0 Å². The van der Waals surface area contributed by atoms with E-state index in [0.29, 0.717) is 13.0 Å². The minimum atomic E-state index is -1.52. The Hall–Kier alpha value is -2.21. The Morgan fingerprint density at radius 2 is 1.86 bits per heavy atom. The molecule has 1 aromatic carbocycles. The highest BCUT2D eigenvalue weighted by atomic mass is 16.7. The van der Waals surface area contributed by atoms with Gasteiger partial charge in [0.15, 0.2) is 0 Å². The Kier molecular flexibility index (Phi) is 8.31. The van der Waals surface area contributed by atoms with Crippen molar-refractivity contribution in [3.63, 3.8) is 0 Å². The molecule has 2 saturated heterocycles. The number of hydrogen-bond donors (Lipinski definition) is 4. The van der Waals surface area contributed by atoms with Gasteiger partial charge in [-0.1, -0.05) is 12.1 Å². The van der Waals surface area contributed by atoms with Crippen molar-refractivity contribution >= 4 is 0 Å². The fourth-order valence-electron chi connectivity index (χ4n) is 4.47. The largest absolute Gasteiger partial charge is 0.491 e. The van der Waals surface area contributed by atoms with Crippen LogP contribution >= 0.6 is 0 Å². The SMILES string of the molecule is Cc1c(Cc2ccc(OCC3CCCO3)cc2)c(O[C@@H]2O[C@H](CO)[C@@H](O)[C@H](O)[C@H]2O)nn1C(C)C. The zero-order valence-corrected chi connectivity index (χ0v) is 20.4. The van der Waals surface area contributed by atoms with Crippen LogP contribution in [0.2, 0.25) is 0 Å². The van der Waals surface area contributed by atoms with E-state index in [1.807, 2.05) is 49.7 Å². The van der Waals surface area contributed by atoms with E-state index in [-0.39, 0.29) is 18.0 Å². The summed E-state index contributed by atoms with van der Waals surface area (Å²) in [6.45, 7) is 6.75. The van der Waals surface area contributed by atoms with Crippen LogP contribution in [0, 0.1) is 6.92 Å². The van der Waals surface area contributed by atoms with Gasteiger partial charge in [0.25, 0.3) is 0 Å². The molecule has 2 aliphatic rings. The van der Waals surface area contributed by atoms with Gasteiger partial charge in [0, 0.05) is 30.3 Å². The second-order valence-corrected chi connectivity index (χ2v) is 9.49. The molecule has 10 heteroatoms. The Morgan fingerprint density at radius 1 is 1.11 bits per heavy atom. The van der Waals surface area contributed by atoms with E-state index in [0.717, 1.165) is 42.0 Å². The fourth-order valence-corrected chi connectivity index (χ4v) is 4.47. The second-order valence-electron chi connectivity index (χ2n) is 9.49. The van der Waals surface area contributed by atoms with E-state index < -0.39 is 37.3 Å². The molecule has 1 unspecified atom stereocenters. The van der Waals surface area contributed by atoms with Crippen LogP contribution in [-0.2, 0) is 15.9 Å². The highest BCUT2D eigenvalue weighted by Crippen LogP contribution is 2.31. The van der Waals surface area contributed by atoms with Crippen LogP contribution in [0.25, 0.3) is 0 Å². The highest BCUT2D eigenvalue weighted by molar-refractivity contribution is 5.38. The number of aliphatic hydroxyl groups excluding tert-OH is 4.